The quantitative estimate of drug-likeness (QED) is 0.667. The van der Waals surface area contributed by atoms with Gasteiger partial charge in [-0.2, -0.15) is 4.98 Å². The number of nitrogens with zero attached hydrogens (tertiary/aromatic N) is 3. The van der Waals surface area contributed by atoms with E-state index >= 15 is 0 Å². The highest BCUT2D eigenvalue weighted by Gasteiger charge is 2.29. The smallest absolute Gasteiger partial charge is 0.259 e. The highest BCUT2D eigenvalue weighted by atomic mass is 35.5. The summed E-state index contributed by atoms with van der Waals surface area (Å²) in [5.41, 5.74) is 1.78. The molecule has 1 saturated heterocycles. The summed E-state index contributed by atoms with van der Waals surface area (Å²) in [6.07, 6.45) is 0.383. The zero-order valence-corrected chi connectivity index (χ0v) is 16.0. The first kappa shape index (κ1) is 18.4. The average Bonchev–Trinajstić information content (AvgIpc) is 3.20. The van der Waals surface area contributed by atoms with Crippen LogP contribution in [0.5, 0.6) is 0 Å². The van der Waals surface area contributed by atoms with Crippen LogP contribution in [0.25, 0.3) is 22.8 Å². The summed E-state index contributed by atoms with van der Waals surface area (Å²) in [5, 5.41) is 4.60. The Morgan fingerprint density at radius 3 is 2.82 bits per heavy atom. The molecule has 2 aromatic carbocycles. The minimum Gasteiger partial charge on any atom is -0.337 e. The number of carbonyl (C=O) groups is 2. The van der Waals surface area contributed by atoms with E-state index in [2.05, 4.69) is 10.1 Å². The van der Waals surface area contributed by atoms with E-state index in [1.54, 1.807) is 35.2 Å². The van der Waals surface area contributed by atoms with Gasteiger partial charge in [-0.05, 0) is 24.3 Å². The van der Waals surface area contributed by atoms with Crippen molar-refractivity contribution in [1.82, 2.24) is 15.0 Å². The molecule has 0 bridgehead atoms. The average molecular weight is 396 g/mol. The summed E-state index contributed by atoms with van der Waals surface area (Å²) in [6.45, 7) is 2.69. The molecule has 3 aromatic rings. The molecule has 7 heteroatoms. The summed E-state index contributed by atoms with van der Waals surface area (Å²) in [5.74, 6) is 0.567. The lowest BCUT2D eigenvalue weighted by molar-refractivity contribution is -0.124. The van der Waals surface area contributed by atoms with Crippen molar-refractivity contribution >= 4 is 23.3 Å². The van der Waals surface area contributed by atoms with Crippen LogP contribution in [-0.4, -0.2) is 39.8 Å². The van der Waals surface area contributed by atoms with Crippen molar-refractivity contribution in [2.24, 2.45) is 5.92 Å². The van der Waals surface area contributed by atoms with Crippen molar-refractivity contribution in [3.05, 3.63) is 59.1 Å². The van der Waals surface area contributed by atoms with Crippen LogP contribution in [-0.2, 0) is 4.79 Å². The first-order valence-electron chi connectivity index (χ1n) is 9.04. The fourth-order valence-corrected chi connectivity index (χ4v) is 3.49. The van der Waals surface area contributed by atoms with E-state index in [1.165, 1.54) is 0 Å². The van der Waals surface area contributed by atoms with E-state index in [4.69, 9.17) is 16.1 Å². The number of ketones is 1. The second-order valence-corrected chi connectivity index (χ2v) is 7.28. The van der Waals surface area contributed by atoms with Crippen molar-refractivity contribution in [3.63, 3.8) is 0 Å². The van der Waals surface area contributed by atoms with Gasteiger partial charge >= 0.3 is 0 Å². The number of rotatable bonds is 3. The van der Waals surface area contributed by atoms with Gasteiger partial charge in [0.15, 0.2) is 0 Å². The molecule has 0 saturated carbocycles. The van der Waals surface area contributed by atoms with Gasteiger partial charge in [0.25, 0.3) is 11.8 Å². The van der Waals surface area contributed by atoms with Gasteiger partial charge in [0.2, 0.25) is 5.82 Å². The zero-order valence-electron chi connectivity index (χ0n) is 15.3. The fraction of sp³-hybridized carbons (Fsp3) is 0.238. The molecule has 0 N–H and O–H groups in total. The number of aromatic nitrogens is 2. The second kappa shape index (κ2) is 7.56. The van der Waals surface area contributed by atoms with Gasteiger partial charge in [-0.3, -0.25) is 9.59 Å². The summed E-state index contributed by atoms with van der Waals surface area (Å²) in [4.78, 5) is 31.0. The number of Topliss-reactive ketones (excluding diaryl/α,β-unsaturated/α-hetero) is 1. The largest absolute Gasteiger partial charge is 0.337 e. The molecule has 28 heavy (non-hydrogen) atoms. The molecule has 1 aliphatic heterocycles. The van der Waals surface area contributed by atoms with E-state index in [0.717, 1.165) is 5.56 Å². The molecule has 2 heterocycles. The zero-order chi connectivity index (χ0) is 19.7. The highest BCUT2D eigenvalue weighted by molar-refractivity contribution is 6.30. The monoisotopic (exact) mass is 395 g/mol. The Morgan fingerprint density at radius 1 is 1.21 bits per heavy atom. The molecule has 0 aliphatic carbocycles. The molecule has 142 valence electrons. The van der Waals surface area contributed by atoms with E-state index in [9.17, 15) is 9.59 Å². The van der Waals surface area contributed by atoms with Crippen LogP contribution in [0.15, 0.2) is 53.1 Å². The first-order valence-corrected chi connectivity index (χ1v) is 9.42. The molecule has 0 radical (unpaired) electrons. The topological polar surface area (TPSA) is 76.3 Å². The molecule has 6 nitrogen and oxygen atoms in total. The van der Waals surface area contributed by atoms with Gasteiger partial charge in [0, 0.05) is 36.0 Å². The summed E-state index contributed by atoms with van der Waals surface area (Å²) >= 11 is 6.03. The number of carbonyl (C=O) groups excluding carboxylic acids is 2. The number of amides is 1. The minimum absolute atomic E-state index is 0.141. The van der Waals surface area contributed by atoms with Crippen LogP contribution in [0.3, 0.4) is 0 Å². The minimum atomic E-state index is -0.150. The Hall–Kier alpha value is -2.99. The number of piperidine rings is 1. The van der Waals surface area contributed by atoms with Gasteiger partial charge in [-0.1, -0.05) is 47.9 Å². The van der Waals surface area contributed by atoms with Crippen molar-refractivity contribution in [2.75, 3.05) is 13.1 Å². The maximum atomic E-state index is 13.1. The molecule has 1 fully saturated rings. The SMILES string of the molecule is CC1CN(C(=O)c2ccccc2-c2nc(-c3cccc(Cl)c3)no2)CCC1=O. The summed E-state index contributed by atoms with van der Waals surface area (Å²) in [6, 6.07) is 14.3. The van der Waals surface area contributed by atoms with Crippen molar-refractivity contribution in [3.8, 4) is 22.8 Å². The first-order chi connectivity index (χ1) is 13.5. The number of hydrogen-bond acceptors (Lipinski definition) is 5. The van der Waals surface area contributed by atoms with Crippen molar-refractivity contribution in [1.29, 1.82) is 0 Å². The van der Waals surface area contributed by atoms with Crippen LogP contribution >= 0.6 is 11.6 Å². The predicted molar refractivity (Wildman–Crippen MR) is 105 cm³/mol. The van der Waals surface area contributed by atoms with Gasteiger partial charge < -0.3 is 9.42 Å². The number of benzene rings is 2. The Kier molecular flexibility index (Phi) is 4.96. The van der Waals surface area contributed by atoms with Gasteiger partial charge in [0.1, 0.15) is 5.78 Å². The lowest BCUT2D eigenvalue weighted by Gasteiger charge is -2.30. The molecular formula is C21H18ClN3O3. The van der Waals surface area contributed by atoms with Crippen molar-refractivity contribution in [2.45, 2.75) is 13.3 Å². The van der Waals surface area contributed by atoms with E-state index in [1.807, 2.05) is 25.1 Å². The normalized spacial score (nSPS) is 17.0. The van der Waals surface area contributed by atoms with Gasteiger partial charge in [-0.25, -0.2) is 0 Å². The van der Waals surface area contributed by atoms with Gasteiger partial charge in [0.05, 0.1) is 11.1 Å². The van der Waals surface area contributed by atoms with E-state index in [-0.39, 0.29) is 23.5 Å². The maximum Gasteiger partial charge on any atom is 0.259 e. The Balaban J connectivity index is 1.65. The summed E-state index contributed by atoms with van der Waals surface area (Å²) < 4.78 is 5.43. The number of hydrogen-bond donors (Lipinski definition) is 0. The number of likely N-dealkylation sites (tertiary alicyclic amines) is 1. The summed E-state index contributed by atoms with van der Waals surface area (Å²) in [7, 11) is 0. The molecule has 1 unspecified atom stereocenters. The molecule has 0 spiro atoms. The third-order valence-corrected chi connectivity index (χ3v) is 5.09. The predicted octanol–water partition coefficient (Wildman–Crippen LogP) is 4.11. The Bertz CT molecular complexity index is 1050. The standard InChI is InChI=1S/C21H18ClN3O3/c1-13-12-25(10-9-18(13)26)21(27)17-8-3-2-7-16(17)20-23-19(24-28-20)14-5-4-6-15(22)11-14/h2-8,11,13H,9-10,12H2,1H3. The molecule has 1 atom stereocenters. The third-order valence-electron chi connectivity index (χ3n) is 4.86. The molecule has 1 amide bonds. The van der Waals surface area contributed by atoms with Crippen LogP contribution in [0.4, 0.5) is 0 Å². The second-order valence-electron chi connectivity index (χ2n) is 6.85. The highest BCUT2D eigenvalue weighted by Crippen LogP contribution is 2.28. The maximum absolute atomic E-state index is 13.1. The lowest BCUT2D eigenvalue weighted by atomic mass is 9.97. The fourth-order valence-electron chi connectivity index (χ4n) is 3.30. The van der Waals surface area contributed by atoms with Crippen LogP contribution < -0.4 is 0 Å². The van der Waals surface area contributed by atoms with Crippen molar-refractivity contribution < 1.29 is 14.1 Å². The van der Waals surface area contributed by atoms with E-state index < -0.39 is 0 Å². The molecule has 1 aliphatic rings. The number of halogens is 1. The molecular weight excluding hydrogens is 378 g/mol. The Labute approximate surface area is 167 Å². The molecule has 4 rings (SSSR count). The van der Waals surface area contributed by atoms with E-state index in [0.29, 0.717) is 41.5 Å². The lowest BCUT2D eigenvalue weighted by Crippen LogP contribution is -2.43. The van der Waals surface area contributed by atoms with Crippen LogP contribution in [0.2, 0.25) is 5.02 Å². The third kappa shape index (κ3) is 3.55. The Morgan fingerprint density at radius 2 is 2.04 bits per heavy atom. The van der Waals surface area contributed by atoms with Gasteiger partial charge in [-0.15, -0.1) is 0 Å². The van der Waals surface area contributed by atoms with Crippen LogP contribution in [0, 0.1) is 5.92 Å². The van der Waals surface area contributed by atoms with Crippen LogP contribution in [0.1, 0.15) is 23.7 Å². The molecule has 1 aromatic heterocycles.